The number of hydrogen-bond donors (Lipinski definition) is 8. The second kappa shape index (κ2) is 19.0. The van der Waals surface area contributed by atoms with Crippen molar-refractivity contribution in [3.63, 3.8) is 0 Å². The summed E-state index contributed by atoms with van der Waals surface area (Å²) in [5, 5.41) is 30.8. The summed E-state index contributed by atoms with van der Waals surface area (Å²) in [6.45, 7) is 7.89. The number of nitrogens with two attached hydrogens (primary N) is 1. The Hall–Kier alpha value is -4.53. The highest BCUT2D eigenvalue weighted by molar-refractivity contribution is 5.96. The highest BCUT2D eigenvalue weighted by Gasteiger charge is 2.31. The minimum Gasteiger partial charge on any atom is -0.481 e. The molecule has 0 saturated carbocycles. The number of unbranched alkanes of at least 4 members (excludes halogenated alkanes) is 1. The van der Waals surface area contributed by atoms with E-state index in [0.29, 0.717) is 18.4 Å². The molecular weight excluding hydrogens is 588 g/mol. The molecule has 0 aliphatic heterocycles. The van der Waals surface area contributed by atoms with Crippen molar-refractivity contribution in [2.24, 2.45) is 11.7 Å². The lowest BCUT2D eigenvalue weighted by molar-refractivity contribution is -0.143. The van der Waals surface area contributed by atoms with Gasteiger partial charge in [0.2, 0.25) is 29.5 Å². The fourth-order valence-corrected chi connectivity index (χ4v) is 4.14. The van der Waals surface area contributed by atoms with Crippen molar-refractivity contribution in [3.8, 4) is 0 Å². The summed E-state index contributed by atoms with van der Waals surface area (Å²) >= 11 is 0. The maximum absolute atomic E-state index is 13.1. The summed E-state index contributed by atoms with van der Waals surface area (Å²) in [4.78, 5) is 86.8. The molecule has 0 bridgehead atoms. The van der Waals surface area contributed by atoms with E-state index in [1.165, 1.54) is 13.8 Å². The topological polar surface area (TPSA) is 246 Å². The fraction of sp³-hybridized carbons (Fsp3) is 0.567. The van der Waals surface area contributed by atoms with E-state index in [1.54, 1.807) is 44.2 Å². The molecule has 0 fully saturated rings. The van der Waals surface area contributed by atoms with Crippen LogP contribution in [0.1, 0.15) is 65.9 Å². The lowest BCUT2D eigenvalue weighted by Crippen LogP contribution is -2.58. The monoisotopic (exact) mass is 634 g/mol. The molecule has 6 atom stereocenters. The summed E-state index contributed by atoms with van der Waals surface area (Å²) < 4.78 is 0. The zero-order valence-electron chi connectivity index (χ0n) is 26.3. The average Bonchev–Trinajstić information content (AvgIpc) is 2.96. The van der Waals surface area contributed by atoms with Gasteiger partial charge in [0, 0.05) is 6.42 Å². The van der Waals surface area contributed by atoms with Crippen molar-refractivity contribution >= 4 is 41.5 Å². The first-order chi connectivity index (χ1) is 21.1. The third kappa shape index (κ3) is 13.8. The molecule has 0 saturated heterocycles. The van der Waals surface area contributed by atoms with Gasteiger partial charge in [-0.3, -0.25) is 28.8 Å². The van der Waals surface area contributed by atoms with E-state index >= 15 is 0 Å². The Morgan fingerprint density at radius 3 is 1.73 bits per heavy atom. The van der Waals surface area contributed by atoms with Gasteiger partial charge in [-0.1, -0.05) is 63.9 Å². The average molecular weight is 635 g/mol. The molecule has 9 N–H and O–H groups in total. The first-order valence-corrected chi connectivity index (χ1v) is 14.8. The van der Waals surface area contributed by atoms with Gasteiger partial charge in [0.05, 0.1) is 12.5 Å². The molecule has 1 rings (SSSR count). The molecule has 0 aliphatic rings. The molecule has 0 aliphatic carbocycles. The van der Waals surface area contributed by atoms with Gasteiger partial charge < -0.3 is 42.5 Å². The van der Waals surface area contributed by atoms with E-state index in [2.05, 4.69) is 26.6 Å². The first kappa shape index (κ1) is 38.5. The van der Waals surface area contributed by atoms with Gasteiger partial charge in [-0.2, -0.15) is 0 Å². The molecule has 5 amide bonds. The molecule has 250 valence electrons. The van der Waals surface area contributed by atoms with Gasteiger partial charge in [-0.05, 0) is 31.7 Å². The largest absolute Gasteiger partial charge is 0.481 e. The Labute approximate surface area is 262 Å². The van der Waals surface area contributed by atoms with Crippen molar-refractivity contribution in [1.82, 2.24) is 26.6 Å². The standard InChI is InChI=1S/C30H46N6O9/c1-6-7-13-21(34-27(41)20(31)15-23(37)38)28(42)33-17(4)25(39)32-18(5)26(40)35-22(14-19-11-9-8-10-12-19)29(43)36-24(16(2)3)30(44)45/h8-12,16-18,20-22,24H,6-7,13-15,31H2,1-5H3,(H,32,39)(H,33,42)(H,34,41)(H,35,40)(H,36,43)(H,37,38)(H,44,45)/t17-,18-,20-,21-,22-,24-/m0/s1. The second-order valence-corrected chi connectivity index (χ2v) is 11.2. The Kier molecular flexibility index (Phi) is 16.2. The minimum absolute atomic E-state index is 0.0525. The van der Waals surface area contributed by atoms with Gasteiger partial charge in [0.25, 0.3) is 0 Å². The molecule has 15 nitrogen and oxygen atoms in total. The molecule has 45 heavy (non-hydrogen) atoms. The number of carbonyl (C=O) groups is 7. The maximum atomic E-state index is 13.1. The van der Waals surface area contributed by atoms with Gasteiger partial charge in [0.15, 0.2) is 0 Å². The number of carboxylic acids is 2. The van der Waals surface area contributed by atoms with Gasteiger partial charge in [-0.15, -0.1) is 0 Å². The van der Waals surface area contributed by atoms with E-state index in [0.717, 1.165) is 0 Å². The van der Waals surface area contributed by atoms with Crippen LogP contribution in [-0.2, 0) is 40.0 Å². The SMILES string of the molecule is CCCC[C@H](NC(=O)[C@@H](N)CC(=O)O)C(=O)N[C@@H](C)C(=O)N[C@@H](C)C(=O)N[C@@H](Cc1ccccc1)C(=O)N[C@H](C(=O)O)C(C)C. The van der Waals surface area contributed by atoms with Crippen LogP contribution >= 0.6 is 0 Å². The fourth-order valence-electron chi connectivity index (χ4n) is 4.14. The third-order valence-corrected chi connectivity index (χ3v) is 6.86. The summed E-state index contributed by atoms with van der Waals surface area (Å²) in [5.41, 5.74) is 6.30. The summed E-state index contributed by atoms with van der Waals surface area (Å²) in [7, 11) is 0. The van der Waals surface area contributed by atoms with Crippen molar-refractivity contribution in [1.29, 1.82) is 0 Å². The molecule has 0 unspecified atom stereocenters. The van der Waals surface area contributed by atoms with Crippen LogP contribution in [0.2, 0.25) is 0 Å². The van der Waals surface area contributed by atoms with Crippen LogP contribution in [-0.4, -0.2) is 87.9 Å². The van der Waals surface area contributed by atoms with Gasteiger partial charge in [0.1, 0.15) is 30.2 Å². The van der Waals surface area contributed by atoms with E-state index in [1.807, 2.05) is 6.92 Å². The van der Waals surface area contributed by atoms with Gasteiger partial charge in [-0.25, -0.2) is 4.79 Å². The first-order valence-electron chi connectivity index (χ1n) is 14.8. The predicted octanol–water partition coefficient (Wildman–Crippen LogP) is -0.574. The highest BCUT2D eigenvalue weighted by Crippen LogP contribution is 2.08. The van der Waals surface area contributed by atoms with E-state index in [9.17, 15) is 38.7 Å². The molecule has 0 heterocycles. The smallest absolute Gasteiger partial charge is 0.326 e. The number of benzene rings is 1. The quantitative estimate of drug-likeness (QED) is 0.0962. The molecule has 0 radical (unpaired) electrons. The number of aliphatic carboxylic acids is 2. The van der Waals surface area contributed by atoms with E-state index < -0.39 is 90.1 Å². The highest BCUT2D eigenvalue weighted by atomic mass is 16.4. The minimum atomic E-state index is -1.37. The second-order valence-electron chi connectivity index (χ2n) is 11.2. The summed E-state index contributed by atoms with van der Waals surface area (Å²) in [6, 6.07) is 1.68. The van der Waals surface area contributed by atoms with Crippen LogP contribution in [0.25, 0.3) is 0 Å². The number of carbonyl (C=O) groups excluding carboxylic acids is 5. The number of carboxylic acid groups (broad SMARTS) is 2. The Balaban J connectivity index is 2.92. The number of nitrogens with one attached hydrogen (secondary N) is 5. The zero-order valence-corrected chi connectivity index (χ0v) is 26.3. The third-order valence-electron chi connectivity index (χ3n) is 6.86. The van der Waals surface area contributed by atoms with Crippen molar-refractivity contribution < 1.29 is 43.8 Å². The lowest BCUT2D eigenvalue weighted by atomic mass is 10.0. The Bertz CT molecular complexity index is 1190. The number of hydrogen-bond acceptors (Lipinski definition) is 8. The lowest BCUT2D eigenvalue weighted by Gasteiger charge is -2.25. The maximum Gasteiger partial charge on any atom is 0.326 e. The number of amides is 5. The molecule has 0 aromatic heterocycles. The Morgan fingerprint density at radius 2 is 1.22 bits per heavy atom. The van der Waals surface area contributed by atoms with Crippen molar-refractivity contribution in [2.45, 2.75) is 103 Å². The van der Waals surface area contributed by atoms with Crippen LogP contribution in [0.3, 0.4) is 0 Å². The molecule has 15 heteroatoms. The van der Waals surface area contributed by atoms with Crippen LogP contribution < -0.4 is 32.3 Å². The van der Waals surface area contributed by atoms with Crippen molar-refractivity contribution in [3.05, 3.63) is 35.9 Å². The van der Waals surface area contributed by atoms with Crippen LogP contribution in [0.4, 0.5) is 0 Å². The van der Waals surface area contributed by atoms with E-state index in [4.69, 9.17) is 10.8 Å². The molecule has 1 aromatic carbocycles. The Morgan fingerprint density at radius 1 is 0.711 bits per heavy atom. The van der Waals surface area contributed by atoms with Crippen LogP contribution in [0.5, 0.6) is 0 Å². The molecule has 0 spiro atoms. The van der Waals surface area contributed by atoms with E-state index in [-0.39, 0.29) is 12.8 Å². The van der Waals surface area contributed by atoms with Gasteiger partial charge >= 0.3 is 11.9 Å². The zero-order chi connectivity index (χ0) is 34.3. The normalized spacial score (nSPS) is 14.9. The number of rotatable bonds is 19. The predicted molar refractivity (Wildman–Crippen MR) is 163 cm³/mol. The summed E-state index contributed by atoms with van der Waals surface area (Å²) in [5.74, 6) is -6.62. The molecular formula is C30H46N6O9. The molecule has 1 aromatic rings. The summed E-state index contributed by atoms with van der Waals surface area (Å²) in [6.07, 6.45) is 0.883. The van der Waals surface area contributed by atoms with Crippen LogP contribution in [0.15, 0.2) is 30.3 Å². The van der Waals surface area contributed by atoms with Crippen molar-refractivity contribution in [2.75, 3.05) is 0 Å². The van der Waals surface area contributed by atoms with Crippen LogP contribution in [0, 0.1) is 5.92 Å².